The minimum atomic E-state index is -0.412. The molecule has 0 aliphatic carbocycles. The third kappa shape index (κ3) is 4.43. The van der Waals surface area contributed by atoms with E-state index in [1.165, 1.54) is 0 Å². The zero-order valence-electron chi connectivity index (χ0n) is 13.1. The number of nitrogens with two attached hydrogens (primary N) is 1. The second-order valence-electron chi connectivity index (χ2n) is 6.40. The number of quaternary nitrogens is 1. The van der Waals surface area contributed by atoms with E-state index in [0.29, 0.717) is 17.9 Å². The zero-order chi connectivity index (χ0) is 15.3. The number of carbonyl (C=O) groups is 1. The van der Waals surface area contributed by atoms with Crippen LogP contribution in [0.2, 0.25) is 0 Å². The first-order chi connectivity index (χ1) is 9.99. The second-order valence-corrected chi connectivity index (χ2v) is 6.40. The Kier molecular flexibility index (Phi) is 5.18. The molecule has 2 N–H and O–H groups in total. The van der Waals surface area contributed by atoms with E-state index < -0.39 is 5.60 Å². The molecule has 0 radical (unpaired) electrons. The first-order valence-electron chi connectivity index (χ1n) is 7.76. The molecule has 0 atom stereocenters. The Morgan fingerprint density at radius 1 is 1.29 bits per heavy atom. The average molecular weight is 288 g/mol. The number of benzene rings is 1. The van der Waals surface area contributed by atoms with Crippen LogP contribution in [0, 0.1) is 5.92 Å². The van der Waals surface area contributed by atoms with Crippen molar-refractivity contribution in [2.75, 3.05) is 13.1 Å². The molecule has 1 aromatic carbocycles. The standard InChI is InChI=1S/C18H25NO2/c1-14(13-15-7-5-4-6-8-15)17(20)21-18(2,3)16-9-11-19-12-10-16/h4-8,16,19H,1,9-13H2,2-3H3/p+1. The molecule has 3 nitrogen and oxygen atoms in total. The van der Waals surface area contributed by atoms with Crippen molar-refractivity contribution in [3.05, 3.63) is 48.0 Å². The van der Waals surface area contributed by atoms with E-state index in [1.807, 2.05) is 44.2 Å². The minimum absolute atomic E-state index is 0.265. The van der Waals surface area contributed by atoms with E-state index in [2.05, 4.69) is 11.9 Å². The highest BCUT2D eigenvalue weighted by atomic mass is 16.6. The van der Waals surface area contributed by atoms with Crippen molar-refractivity contribution in [1.82, 2.24) is 0 Å². The summed E-state index contributed by atoms with van der Waals surface area (Å²) in [7, 11) is 0. The summed E-state index contributed by atoms with van der Waals surface area (Å²) in [6.07, 6.45) is 2.76. The van der Waals surface area contributed by atoms with Crippen LogP contribution in [0.1, 0.15) is 32.3 Å². The summed E-state index contributed by atoms with van der Waals surface area (Å²) >= 11 is 0. The molecule has 0 saturated carbocycles. The highest BCUT2D eigenvalue weighted by Gasteiger charge is 2.35. The quantitative estimate of drug-likeness (QED) is 0.666. The molecule has 0 bridgehead atoms. The number of rotatable bonds is 5. The number of carbonyl (C=O) groups excluding carboxylic acids is 1. The van der Waals surface area contributed by atoms with Gasteiger partial charge in [0.25, 0.3) is 0 Å². The Balaban J connectivity index is 1.91. The van der Waals surface area contributed by atoms with Gasteiger partial charge in [-0.25, -0.2) is 4.79 Å². The zero-order valence-corrected chi connectivity index (χ0v) is 13.1. The third-order valence-corrected chi connectivity index (χ3v) is 4.33. The molecule has 2 rings (SSSR count). The van der Waals surface area contributed by atoms with Crippen molar-refractivity contribution in [2.45, 2.75) is 38.7 Å². The van der Waals surface area contributed by atoms with Crippen LogP contribution in [0.25, 0.3) is 0 Å². The lowest BCUT2D eigenvalue weighted by molar-refractivity contribution is -0.665. The SMILES string of the molecule is C=C(Cc1ccccc1)C(=O)OC(C)(C)C1CC[NH2+]CC1. The number of hydrogen-bond donors (Lipinski definition) is 1. The molecule has 0 spiro atoms. The Morgan fingerprint density at radius 2 is 1.90 bits per heavy atom. The molecule has 0 aromatic heterocycles. The molecule has 3 heteroatoms. The van der Waals surface area contributed by atoms with E-state index in [9.17, 15) is 4.79 Å². The van der Waals surface area contributed by atoms with Crippen molar-refractivity contribution in [3.63, 3.8) is 0 Å². The molecular formula is C18H26NO2+. The molecule has 1 aliphatic rings. The van der Waals surface area contributed by atoms with Gasteiger partial charge < -0.3 is 10.1 Å². The van der Waals surface area contributed by atoms with Gasteiger partial charge in [-0.3, -0.25) is 0 Å². The highest BCUT2D eigenvalue weighted by molar-refractivity contribution is 5.88. The number of ether oxygens (including phenoxy) is 1. The van der Waals surface area contributed by atoms with E-state index >= 15 is 0 Å². The fraction of sp³-hybridized carbons (Fsp3) is 0.500. The normalized spacial score (nSPS) is 16.5. The molecule has 1 saturated heterocycles. The van der Waals surface area contributed by atoms with Crippen LogP contribution in [-0.2, 0) is 16.0 Å². The van der Waals surface area contributed by atoms with Crippen LogP contribution in [0.5, 0.6) is 0 Å². The van der Waals surface area contributed by atoms with Crippen LogP contribution in [0.4, 0.5) is 0 Å². The van der Waals surface area contributed by atoms with Gasteiger partial charge in [-0.2, -0.15) is 0 Å². The van der Waals surface area contributed by atoms with Crippen LogP contribution in [-0.4, -0.2) is 24.7 Å². The van der Waals surface area contributed by atoms with E-state index in [-0.39, 0.29) is 5.97 Å². The summed E-state index contributed by atoms with van der Waals surface area (Å²) < 4.78 is 5.76. The molecule has 1 fully saturated rings. The predicted octanol–water partition coefficient (Wildman–Crippen LogP) is 2.08. The van der Waals surface area contributed by atoms with Gasteiger partial charge in [0.15, 0.2) is 0 Å². The monoisotopic (exact) mass is 288 g/mol. The maximum absolute atomic E-state index is 12.3. The number of hydrogen-bond acceptors (Lipinski definition) is 2. The van der Waals surface area contributed by atoms with Gasteiger partial charge >= 0.3 is 5.97 Å². The van der Waals surface area contributed by atoms with Gasteiger partial charge in [0.05, 0.1) is 13.1 Å². The van der Waals surface area contributed by atoms with Gasteiger partial charge in [-0.1, -0.05) is 36.9 Å². The van der Waals surface area contributed by atoms with E-state index in [0.717, 1.165) is 31.5 Å². The predicted molar refractivity (Wildman–Crippen MR) is 83.8 cm³/mol. The van der Waals surface area contributed by atoms with Gasteiger partial charge in [0.2, 0.25) is 0 Å². The first kappa shape index (κ1) is 15.8. The molecule has 0 amide bonds. The molecule has 114 valence electrons. The summed E-state index contributed by atoms with van der Waals surface area (Å²) in [5, 5.41) is 2.32. The molecule has 0 unspecified atom stereocenters. The van der Waals surface area contributed by atoms with Crippen molar-refractivity contribution in [1.29, 1.82) is 0 Å². The number of piperidine rings is 1. The summed E-state index contributed by atoms with van der Waals surface area (Å²) in [6.45, 7) is 10.2. The van der Waals surface area contributed by atoms with Gasteiger partial charge in [0.1, 0.15) is 5.60 Å². The van der Waals surface area contributed by atoms with Crippen LogP contribution < -0.4 is 5.32 Å². The lowest BCUT2D eigenvalue weighted by Crippen LogP contribution is -2.86. The molecule has 1 aliphatic heterocycles. The summed E-state index contributed by atoms with van der Waals surface area (Å²) in [6, 6.07) is 9.90. The molecular weight excluding hydrogens is 262 g/mol. The summed E-state index contributed by atoms with van der Waals surface area (Å²) in [5.74, 6) is 0.175. The van der Waals surface area contributed by atoms with E-state index in [1.54, 1.807) is 0 Å². The number of esters is 1. The largest absolute Gasteiger partial charge is 0.456 e. The maximum atomic E-state index is 12.3. The first-order valence-corrected chi connectivity index (χ1v) is 7.76. The summed E-state index contributed by atoms with van der Waals surface area (Å²) in [4.78, 5) is 12.3. The fourth-order valence-electron chi connectivity index (χ4n) is 2.93. The van der Waals surface area contributed by atoms with Gasteiger partial charge in [-0.15, -0.1) is 0 Å². The smallest absolute Gasteiger partial charge is 0.334 e. The molecule has 1 aromatic rings. The topological polar surface area (TPSA) is 42.9 Å². The van der Waals surface area contributed by atoms with Crippen LogP contribution in [0.15, 0.2) is 42.5 Å². The Hall–Kier alpha value is -1.61. The van der Waals surface area contributed by atoms with Gasteiger partial charge in [-0.05, 0) is 19.4 Å². The average Bonchev–Trinajstić information content (AvgIpc) is 2.48. The third-order valence-electron chi connectivity index (χ3n) is 4.33. The highest BCUT2D eigenvalue weighted by Crippen LogP contribution is 2.28. The summed E-state index contributed by atoms with van der Waals surface area (Å²) in [5.41, 5.74) is 1.20. The Bertz CT molecular complexity index is 487. The maximum Gasteiger partial charge on any atom is 0.334 e. The lowest BCUT2D eigenvalue weighted by Gasteiger charge is -2.35. The molecule has 1 heterocycles. The second kappa shape index (κ2) is 6.90. The Morgan fingerprint density at radius 3 is 2.52 bits per heavy atom. The van der Waals surface area contributed by atoms with E-state index in [4.69, 9.17) is 4.74 Å². The fourth-order valence-corrected chi connectivity index (χ4v) is 2.93. The van der Waals surface area contributed by atoms with Crippen LogP contribution in [0.3, 0.4) is 0 Å². The Labute approximate surface area is 127 Å². The van der Waals surface area contributed by atoms with Crippen molar-refractivity contribution in [3.8, 4) is 0 Å². The van der Waals surface area contributed by atoms with Gasteiger partial charge in [0, 0.05) is 30.8 Å². The van der Waals surface area contributed by atoms with Crippen molar-refractivity contribution in [2.24, 2.45) is 5.92 Å². The van der Waals surface area contributed by atoms with Crippen molar-refractivity contribution < 1.29 is 14.8 Å². The minimum Gasteiger partial charge on any atom is -0.456 e. The lowest BCUT2D eigenvalue weighted by atomic mass is 9.83. The van der Waals surface area contributed by atoms with Crippen LogP contribution >= 0.6 is 0 Å². The van der Waals surface area contributed by atoms with Crippen molar-refractivity contribution >= 4 is 5.97 Å². The molecule has 21 heavy (non-hydrogen) atoms.